The molecule has 4 nitrogen and oxygen atoms in total. The molecule has 0 unspecified atom stereocenters. The van der Waals surface area contributed by atoms with E-state index < -0.39 is 20.6 Å². The molecule has 0 spiro atoms. The van der Waals surface area contributed by atoms with Crippen molar-refractivity contribution in [3.63, 3.8) is 0 Å². The second-order valence-corrected chi connectivity index (χ2v) is 11.5. The second kappa shape index (κ2) is 7.87. The van der Waals surface area contributed by atoms with Crippen LogP contribution in [0.1, 0.15) is 56.2 Å². The Kier molecular flexibility index (Phi) is 5.94. The third-order valence-electron chi connectivity index (χ3n) is 5.44. The molecule has 0 N–H and O–H groups in total. The van der Waals surface area contributed by atoms with Crippen LogP contribution < -0.4 is 0 Å². The van der Waals surface area contributed by atoms with Crippen LogP contribution in [0.25, 0.3) is 0 Å². The van der Waals surface area contributed by atoms with Gasteiger partial charge in [0.2, 0.25) is 0 Å². The van der Waals surface area contributed by atoms with Crippen molar-refractivity contribution in [3.05, 3.63) is 32.4 Å². The van der Waals surface area contributed by atoms with Crippen LogP contribution in [0.2, 0.25) is 0 Å². The normalized spacial score (nSPS) is 27.8. The molecule has 144 valence electrons. The quantitative estimate of drug-likeness (QED) is 0.546. The Balaban J connectivity index is 1.79. The van der Waals surface area contributed by atoms with Crippen LogP contribution >= 0.6 is 20.6 Å². The molecule has 3 rings (SSSR count). The van der Waals surface area contributed by atoms with Crippen LogP contribution in [0.4, 0.5) is 0 Å². The SMILES string of the molecule is Cc1cc(C)c(I(OC(=O)C2CC(C)C2)OC(=O)C2CC(C)C2)c(C)c1. The summed E-state index contributed by atoms with van der Waals surface area (Å²) in [6.45, 7) is 10.4. The molecule has 5 heteroatoms. The summed E-state index contributed by atoms with van der Waals surface area (Å²) in [5.74, 6) is 0.745. The predicted octanol–water partition coefficient (Wildman–Crippen LogP) is 5.30. The molecule has 2 aliphatic carbocycles. The fraction of sp³-hybridized carbons (Fsp3) is 0.619. The Morgan fingerprint density at radius 1 is 0.846 bits per heavy atom. The monoisotopic (exact) mass is 472 g/mol. The fourth-order valence-electron chi connectivity index (χ4n) is 3.95. The van der Waals surface area contributed by atoms with E-state index in [0.717, 1.165) is 45.9 Å². The standard InChI is InChI=1S/C21H29IO4/c1-12-6-15(4)19(16(5)7-12)22(25-20(23)17-8-13(2)9-17)26-21(24)18-10-14(3)11-18/h6-7,13-14,17-18H,8-11H2,1-5H3. The van der Waals surface area contributed by atoms with Crippen LogP contribution in [-0.2, 0) is 15.7 Å². The molecule has 0 radical (unpaired) electrons. The molecule has 0 aromatic heterocycles. The third-order valence-corrected chi connectivity index (χ3v) is 9.69. The number of carbonyl (C=O) groups excluding carboxylic acids is 2. The number of hydrogen-bond acceptors (Lipinski definition) is 4. The zero-order valence-electron chi connectivity index (χ0n) is 16.3. The van der Waals surface area contributed by atoms with Crippen LogP contribution in [0, 0.1) is 48.0 Å². The van der Waals surface area contributed by atoms with Gasteiger partial charge in [0.1, 0.15) is 0 Å². The van der Waals surface area contributed by atoms with E-state index in [1.807, 2.05) is 20.8 Å². The number of halogens is 1. The minimum atomic E-state index is -2.83. The molecule has 26 heavy (non-hydrogen) atoms. The molecular formula is C21H29IO4. The van der Waals surface area contributed by atoms with Crippen molar-refractivity contribution in [3.8, 4) is 0 Å². The molecule has 0 saturated heterocycles. The molecule has 0 aliphatic heterocycles. The first-order chi connectivity index (χ1) is 12.2. The van der Waals surface area contributed by atoms with E-state index in [0.29, 0.717) is 11.8 Å². The van der Waals surface area contributed by atoms with Gasteiger partial charge in [-0.3, -0.25) is 0 Å². The van der Waals surface area contributed by atoms with Crippen molar-refractivity contribution in [2.45, 2.75) is 60.3 Å². The molecule has 0 bridgehead atoms. The second-order valence-electron chi connectivity index (χ2n) is 8.27. The van der Waals surface area contributed by atoms with E-state index in [2.05, 4.69) is 26.0 Å². The molecule has 1 aromatic rings. The maximum absolute atomic E-state index is 12.6. The van der Waals surface area contributed by atoms with Crippen molar-refractivity contribution >= 4 is 32.6 Å². The fourth-order valence-corrected chi connectivity index (χ4v) is 7.69. The summed E-state index contributed by atoms with van der Waals surface area (Å²) in [5, 5.41) is 0. The number of rotatable bonds is 5. The zero-order chi connectivity index (χ0) is 19.0. The van der Waals surface area contributed by atoms with Gasteiger partial charge in [-0.2, -0.15) is 0 Å². The summed E-state index contributed by atoms with van der Waals surface area (Å²) in [7, 11) is 0. The maximum atomic E-state index is 12.6. The topological polar surface area (TPSA) is 52.6 Å². The molecule has 2 aliphatic rings. The van der Waals surface area contributed by atoms with Gasteiger partial charge < -0.3 is 0 Å². The van der Waals surface area contributed by atoms with Gasteiger partial charge in [0.05, 0.1) is 0 Å². The van der Waals surface area contributed by atoms with Gasteiger partial charge in [-0.05, 0) is 0 Å². The van der Waals surface area contributed by atoms with Crippen LogP contribution in [0.15, 0.2) is 12.1 Å². The van der Waals surface area contributed by atoms with Crippen LogP contribution in [0.5, 0.6) is 0 Å². The Morgan fingerprint density at radius 2 is 1.23 bits per heavy atom. The van der Waals surface area contributed by atoms with Crippen LogP contribution in [0.3, 0.4) is 0 Å². The Bertz CT molecular complexity index is 647. The average Bonchev–Trinajstić information content (AvgIpc) is 2.47. The van der Waals surface area contributed by atoms with Crippen molar-refractivity contribution in [2.24, 2.45) is 23.7 Å². The third kappa shape index (κ3) is 4.24. The van der Waals surface area contributed by atoms with Crippen molar-refractivity contribution in [1.29, 1.82) is 0 Å². The zero-order valence-corrected chi connectivity index (χ0v) is 18.5. The molecule has 0 amide bonds. The van der Waals surface area contributed by atoms with E-state index in [-0.39, 0.29) is 23.8 Å². The Labute approximate surface area is 164 Å². The van der Waals surface area contributed by atoms with Gasteiger partial charge in [-0.1, -0.05) is 0 Å². The van der Waals surface area contributed by atoms with Gasteiger partial charge in [0.15, 0.2) is 0 Å². The van der Waals surface area contributed by atoms with E-state index in [1.54, 1.807) is 0 Å². The summed E-state index contributed by atoms with van der Waals surface area (Å²) in [6.07, 6.45) is 3.51. The minimum absolute atomic E-state index is 0.0294. The van der Waals surface area contributed by atoms with Gasteiger partial charge in [-0.25, -0.2) is 0 Å². The number of aryl methyl sites for hydroxylation is 3. The Morgan fingerprint density at radius 3 is 1.58 bits per heavy atom. The van der Waals surface area contributed by atoms with Crippen molar-refractivity contribution in [2.75, 3.05) is 0 Å². The number of benzene rings is 1. The first-order valence-corrected chi connectivity index (χ1v) is 12.3. The first kappa shape index (κ1) is 19.6. The summed E-state index contributed by atoms with van der Waals surface area (Å²) < 4.78 is 12.7. The first-order valence-electron chi connectivity index (χ1n) is 9.47. The predicted molar refractivity (Wildman–Crippen MR) is 109 cm³/mol. The van der Waals surface area contributed by atoms with E-state index in [9.17, 15) is 9.59 Å². The summed E-state index contributed by atoms with van der Waals surface area (Å²) in [4.78, 5) is 25.1. The average molecular weight is 472 g/mol. The number of hydrogen-bond donors (Lipinski definition) is 0. The summed E-state index contributed by atoms with van der Waals surface area (Å²) in [6, 6.07) is 4.15. The molecular weight excluding hydrogens is 443 g/mol. The molecule has 0 heterocycles. The Hall–Kier alpha value is -1.11. The number of carbonyl (C=O) groups is 2. The van der Waals surface area contributed by atoms with Gasteiger partial charge in [-0.15, -0.1) is 0 Å². The summed E-state index contributed by atoms with van der Waals surface area (Å²) in [5.41, 5.74) is 3.27. The van der Waals surface area contributed by atoms with E-state index >= 15 is 0 Å². The van der Waals surface area contributed by atoms with Gasteiger partial charge >= 0.3 is 165 Å². The van der Waals surface area contributed by atoms with Gasteiger partial charge in [0, 0.05) is 0 Å². The molecule has 0 atom stereocenters. The molecule has 2 fully saturated rings. The van der Waals surface area contributed by atoms with Crippen molar-refractivity contribution in [1.82, 2.24) is 0 Å². The molecule has 2 saturated carbocycles. The van der Waals surface area contributed by atoms with E-state index in [4.69, 9.17) is 6.13 Å². The van der Waals surface area contributed by atoms with Crippen molar-refractivity contribution < 1.29 is 15.7 Å². The molecule has 1 aromatic carbocycles. The summed E-state index contributed by atoms with van der Waals surface area (Å²) >= 11 is -2.83. The van der Waals surface area contributed by atoms with Crippen LogP contribution in [-0.4, -0.2) is 11.9 Å². The van der Waals surface area contributed by atoms with Gasteiger partial charge in [0.25, 0.3) is 0 Å². The van der Waals surface area contributed by atoms with E-state index in [1.165, 1.54) is 0 Å².